The standard InChI is InChI=1S/C18H22N4O5S/c1-10(2)22-17(24)16-13(9-28-20-16)21(18(22)25)8-15(23)19-12-6-5-11(26-3)7-14(12)27-4/h5-7,9-10,16,20H,8H2,1-4H3,(H,19,23). The lowest BCUT2D eigenvalue weighted by atomic mass is 10.1. The Balaban J connectivity index is 1.79. The number of amides is 4. The van der Waals surface area contributed by atoms with Crippen LogP contribution in [0.15, 0.2) is 29.3 Å². The Kier molecular flexibility index (Phi) is 5.80. The van der Waals surface area contributed by atoms with Crippen molar-refractivity contribution in [2.24, 2.45) is 0 Å². The zero-order chi connectivity index (χ0) is 20.4. The lowest BCUT2D eigenvalue weighted by Crippen LogP contribution is -2.62. The van der Waals surface area contributed by atoms with Gasteiger partial charge in [0, 0.05) is 17.5 Å². The summed E-state index contributed by atoms with van der Waals surface area (Å²) in [5.74, 6) is 0.303. The molecule has 1 aromatic carbocycles. The zero-order valence-corrected chi connectivity index (χ0v) is 16.8. The van der Waals surface area contributed by atoms with Crippen LogP contribution in [-0.2, 0) is 9.59 Å². The highest BCUT2D eigenvalue weighted by Gasteiger charge is 2.46. The van der Waals surface area contributed by atoms with Gasteiger partial charge in [0.05, 0.1) is 25.6 Å². The van der Waals surface area contributed by atoms with Gasteiger partial charge in [-0.05, 0) is 26.0 Å². The lowest BCUT2D eigenvalue weighted by molar-refractivity contribution is -0.133. The first kappa shape index (κ1) is 20.0. The van der Waals surface area contributed by atoms with Crippen molar-refractivity contribution >= 4 is 35.5 Å². The Morgan fingerprint density at radius 3 is 2.68 bits per heavy atom. The van der Waals surface area contributed by atoms with Gasteiger partial charge in [-0.25, -0.2) is 9.52 Å². The number of anilines is 1. The number of benzene rings is 1. The number of carbonyl (C=O) groups is 3. The van der Waals surface area contributed by atoms with Gasteiger partial charge < -0.3 is 14.8 Å². The van der Waals surface area contributed by atoms with E-state index in [0.717, 1.165) is 0 Å². The van der Waals surface area contributed by atoms with Crippen LogP contribution in [0.4, 0.5) is 10.5 Å². The molecule has 1 unspecified atom stereocenters. The Bertz CT molecular complexity index is 841. The summed E-state index contributed by atoms with van der Waals surface area (Å²) in [4.78, 5) is 40.5. The molecule has 1 fully saturated rings. The van der Waals surface area contributed by atoms with E-state index in [1.165, 1.54) is 36.0 Å². The number of ether oxygens (including phenoxy) is 2. The molecule has 0 aromatic heterocycles. The molecule has 4 amide bonds. The predicted molar refractivity (Wildman–Crippen MR) is 105 cm³/mol. The average molecular weight is 406 g/mol. The van der Waals surface area contributed by atoms with Crippen LogP contribution in [-0.4, -0.2) is 60.5 Å². The molecule has 2 aliphatic rings. The minimum Gasteiger partial charge on any atom is -0.497 e. The van der Waals surface area contributed by atoms with Crippen LogP contribution in [0, 0.1) is 0 Å². The monoisotopic (exact) mass is 406 g/mol. The number of imide groups is 1. The van der Waals surface area contributed by atoms with E-state index in [0.29, 0.717) is 22.9 Å². The van der Waals surface area contributed by atoms with Crippen molar-refractivity contribution < 1.29 is 23.9 Å². The Morgan fingerprint density at radius 1 is 1.29 bits per heavy atom. The van der Waals surface area contributed by atoms with Gasteiger partial charge in [0.15, 0.2) is 0 Å². The van der Waals surface area contributed by atoms with Crippen molar-refractivity contribution in [1.29, 1.82) is 0 Å². The molecular weight excluding hydrogens is 384 g/mol. The summed E-state index contributed by atoms with van der Waals surface area (Å²) < 4.78 is 13.4. The van der Waals surface area contributed by atoms with Gasteiger partial charge in [0.2, 0.25) is 5.91 Å². The molecule has 0 aliphatic carbocycles. The molecular formula is C18H22N4O5S. The number of fused-ring (bicyclic) bond motifs is 1. The molecule has 9 nitrogen and oxygen atoms in total. The summed E-state index contributed by atoms with van der Waals surface area (Å²) in [7, 11) is 3.02. The third-order valence-electron chi connectivity index (χ3n) is 4.40. The van der Waals surface area contributed by atoms with Crippen LogP contribution < -0.4 is 19.5 Å². The average Bonchev–Trinajstić information content (AvgIpc) is 3.15. The molecule has 28 heavy (non-hydrogen) atoms. The maximum Gasteiger partial charge on any atom is 0.331 e. The van der Waals surface area contributed by atoms with Crippen LogP contribution in [0.5, 0.6) is 11.5 Å². The number of carbonyl (C=O) groups excluding carboxylic acids is 3. The summed E-state index contributed by atoms with van der Waals surface area (Å²) in [5, 5.41) is 4.42. The smallest absolute Gasteiger partial charge is 0.331 e. The summed E-state index contributed by atoms with van der Waals surface area (Å²) in [6.07, 6.45) is 0. The SMILES string of the molecule is COc1ccc(NC(=O)CN2C(=O)N(C(C)C)C(=O)C3NSC=C32)c(OC)c1. The van der Waals surface area contributed by atoms with E-state index in [1.807, 2.05) is 0 Å². The van der Waals surface area contributed by atoms with E-state index in [1.54, 1.807) is 37.5 Å². The van der Waals surface area contributed by atoms with Crippen LogP contribution >= 0.6 is 11.9 Å². The van der Waals surface area contributed by atoms with Gasteiger partial charge in [0.1, 0.15) is 24.1 Å². The third-order valence-corrected chi connectivity index (χ3v) is 5.13. The Morgan fingerprint density at radius 2 is 2.04 bits per heavy atom. The fraction of sp³-hybridized carbons (Fsp3) is 0.389. The summed E-state index contributed by atoms with van der Waals surface area (Å²) in [6.45, 7) is 3.29. The number of rotatable bonds is 6. The van der Waals surface area contributed by atoms with Gasteiger partial charge in [-0.2, -0.15) is 0 Å². The van der Waals surface area contributed by atoms with E-state index in [2.05, 4.69) is 10.0 Å². The van der Waals surface area contributed by atoms with E-state index in [4.69, 9.17) is 9.47 Å². The Labute approximate surface area is 167 Å². The number of methoxy groups -OCH3 is 2. The van der Waals surface area contributed by atoms with Crippen molar-refractivity contribution in [2.45, 2.75) is 25.9 Å². The quantitative estimate of drug-likeness (QED) is 0.695. The second kappa shape index (κ2) is 8.11. The van der Waals surface area contributed by atoms with Crippen molar-refractivity contribution in [3.05, 3.63) is 29.3 Å². The third kappa shape index (κ3) is 3.65. The molecule has 150 valence electrons. The number of nitrogens with zero attached hydrogens (tertiary/aromatic N) is 2. The molecule has 1 saturated heterocycles. The first-order valence-corrected chi connectivity index (χ1v) is 9.53. The maximum absolute atomic E-state index is 12.8. The van der Waals surface area contributed by atoms with Crippen LogP contribution in [0.2, 0.25) is 0 Å². The first-order valence-electron chi connectivity index (χ1n) is 8.65. The molecule has 0 bridgehead atoms. The minimum absolute atomic E-state index is 0.227. The number of hydrogen-bond donors (Lipinski definition) is 2. The minimum atomic E-state index is -0.645. The van der Waals surface area contributed by atoms with E-state index in [9.17, 15) is 14.4 Å². The van der Waals surface area contributed by atoms with Gasteiger partial charge in [-0.3, -0.25) is 19.4 Å². The molecule has 1 aromatic rings. The zero-order valence-electron chi connectivity index (χ0n) is 16.0. The van der Waals surface area contributed by atoms with E-state index in [-0.39, 0.29) is 18.5 Å². The second-order valence-electron chi connectivity index (χ2n) is 6.50. The maximum atomic E-state index is 12.8. The van der Waals surface area contributed by atoms with Gasteiger partial charge >= 0.3 is 6.03 Å². The second-order valence-corrected chi connectivity index (χ2v) is 7.20. The van der Waals surface area contributed by atoms with Crippen LogP contribution in [0.1, 0.15) is 13.8 Å². The number of hydrogen-bond acceptors (Lipinski definition) is 7. The van der Waals surface area contributed by atoms with E-state index >= 15 is 0 Å². The highest BCUT2D eigenvalue weighted by atomic mass is 32.2. The van der Waals surface area contributed by atoms with Crippen LogP contribution in [0.3, 0.4) is 0 Å². The first-order chi connectivity index (χ1) is 13.4. The van der Waals surface area contributed by atoms with Gasteiger partial charge in [-0.15, -0.1) is 0 Å². The van der Waals surface area contributed by atoms with Gasteiger partial charge in [0.25, 0.3) is 5.91 Å². The van der Waals surface area contributed by atoms with Crippen molar-refractivity contribution in [3.63, 3.8) is 0 Å². The molecule has 0 radical (unpaired) electrons. The van der Waals surface area contributed by atoms with Gasteiger partial charge in [-0.1, -0.05) is 11.9 Å². The Hall–Kier alpha value is -2.72. The highest BCUT2D eigenvalue weighted by molar-refractivity contribution is 8.00. The molecule has 3 rings (SSSR count). The summed E-state index contributed by atoms with van der Waals surface area (Å²) in [5.41, 5.74) is 0.938. The molecule has 2 heterocycles. The predicted octanol–water partition coefficient (Wildman–Crippen LogP) is 1.78. The molecule has 2 aliphatic heterocycles. The molecule has 1 atom stereocenters. The molecule has 2 N–H and O–H groups in total. The topological polar surface area (TPSA) is 100 Å². The van der Waals surface area contributed by atoms with E-state index < -0.39 is 18.0 Å². The molecule has 0 saturated carbocycles. The largest absolute Gasteiger partial charge is 0.497 e. The van der Waals surface area contributed by atoms with Crippen molar-refractivity contribution in [3.8, 4) is 11.5 Å². The van der Waals surface area contributed by atoms with Crippen LogP contribution in [0.25, 0.3) is 0 Å². The summed E-state index contributed by atoms with van der Waals surface area (Å²) in [6, 6.07) is 3.53. The fourth-order valence-electron chi connectivity index (χ4n) is 3.03. The fourth-order valence-corrected chi connectivity index (χ4v) is 3.84. The van der Waals surface area contributed by atoms with Crippen molar-refractivity contribution in [1.82, 2.24) is 14.5 Å². The number of nitrogens with one attached hydrogen (secondary N) is 2. The number of urea groups is 1. The highest BCUT2D eigenvalue weighted by Crippen LogP contribution is 2.31. The summed E-state index contributed by atoms with van der Waals surface area (Å²) >= 11 is 1.22. The normalized spacial score (nSPS) is 18.9. The van der Waals surface area contributed by atoms with Crippen molar-refractivity contribution in [2.75, 3.05) is 26.1 Å². The molecule has 10 heteroatoms. The molecule has 0 spiro atoms. The lowest BCUT2D eigenvalue weighted by Gasteiger charge is -2.39.